The number of likely N-dealkylation sites (N-methyl/N-ethyl adjacent to an activating group) is 1. The molecule has 4 aromatic rings. The largest absolute Gasteiger partial charge is 0.416 e. The zero-order valence-electron chi connectivity index (χ0n) is 20.7. The highest BCUT2D eigenvalue weighted by Crippen LogP contribution is 2.38. The third-order valence-electron chi connectivity index (χ3n) is 6.81. The lowest BCUT2D eigenvalue weighted by atomic mass is 9.86. The van der Waals surface area contributed by atoms with Crippen LogP contribution in [0.1, 0.15) is 22.4 Å². The first-order chi connectivity index (χ1) is 18.1. The Balaban J connectivity index is 1.64. The lowest BCUT2D eigenvalue weighted by Crippen LogP contribution is -2.54. The maximum absolute atomic E-state index is 14.1. The van der Waals surface area contributed by atoms with Crippen LogP contribution in [0, 0.1) is 5.82 Å². The van der Waals surface area contributed by atoms with Crippen LogP contribution < -0.4 is 5.32 Å². The first kappa shape index (κ1) is 25.8. The number of amides is 1. The Morgan fingerprint density at radius 3 is 2.63 bits per heavy atom. The molecule has 5 rings (SSSR count). The second-order valence-corrected chi connectivity index (χ2v) is 9.29. The Kier molecular flexibility index (Phi) is 6.66. The number of fused-ring (bicyclic) bond motifs is 3. The van der Waals surface area contributed by atoms with Crippen molar-refractivity contribution in [3.8, 4) is 11.1 Å². The Bertz CT molecular complexity index is 1490. The number of hydrogen-bond donors (Lipinski definition) is 1. The van der Waals surface area contributed by atoms with Crippen LogP contribution in [0.3, 0.4) is 0 Å². The van der Waals surface area contributed by atoms with Gasteiger partial charge in [0, 0.05) is 51.0 Å². The van der Waals surface area contributed by atoms with Crippen LogP contribution in [-0.2, 0) is 34.2 Å². The zero-order chi connectivity index (χ0) is 27.1. The molecule has 1 aliphatic rings. The van der Waals surface area contributed by atoms with E-state index in [0.717, 1.165) is 17.7 Å². The molecule has 0 aliphatic carbocycles. The number of nitrogens with one attached hydrogen (secondary N) is 1. The SMILES string of the molecule is COCCN(C)C(=O)[C@@]1(Cc2cccc(F)c2)NCc2cnc3c(-c4ccc(C(F)(F)F)cc4)cnn3c21. The van der Waals surface area contributed by atoms with Gasteiger partial charge in [-0.2, -0.15) is 18.3 Å². The van der Waals surface area contributed by atoms with E-state index < -0.39 is 23.1 Å². The molecule has 1 amide bonds. The van der Waals surface area contributed by atoms with Gasteiger partial charge in [-0.15, -0.1) is 0 Å². The normalized spacial score (nSPS) is 17.1. The number of halogens is 4. The molecular weight excluding hydrogens is 502 g/mol. The molecule has 2 aromatic carbocycles. The van der Waals surface area contributed by atoms with E-state index in [2.05, 4.69) is 15.4 Å². The van der Waals surface area contributed by atoms with E-state index in [-0.39, 0.29) is 12.3 Å². The number of benzene rings is 2. The van der Waals surface area contributed by atoms with Crippen LogP contribution in [0.4, 0.5) is 17.6 Å². The predicted molar refractivity (Wildman–Crippen MR) is 132 cm³/mol. The van der Waals surface area contributed by atoms with Gasteiger partial charge in [-0.25, -0.2) is 13.9 Å². The summed E-state index contributed by atoms with van der Waals surface area (Å²) in [5.74, 6) is -0.670. The third kappa shape index (κ3) is 4.52. The first-order valence-corrected chi connectivity index (χ1v) is 11.9. The second-order valence-electron chi connectivity index (χ2n) is 9.29. The van der Waals surface area contributed by atoms with Crippen LogP contribution in [0.15, 0.2) is 60.9 Å². The Morgan fingerprint density at radius 2 is 1.95 bits per heavy atom. The number of ether oxygens (including phenoxy) is 1. The van der Waals surface area contributed by atoms with Crippen molar-refractivity contribution in [3.05, 3.63) is 89.1 Å². The van der Waals surface area contributed by atoms with Gasteiger partial charge in [0.25, 0.3) is 0 Å². The summed E-state index contributed by atoms with van der Waals surface area (Å²) in [7, 11) is 3.22. The smallest absolute Gasteiger partial charge is 0.383 e. The van der Waals surface area contributed by atoms with Gasteiger partial charge in [-0.3, -0.25) is 10.1 Å². The number of methoxy groups -OCH3 is 1. The van der Waals surface area contributed by atoms with Crippen molar-refractivity contribution in [3.63, 3.8) is 0 Å². The molecular formula is C27H25F4N5O2. The average Bonchev–Trinajstić information content (AvgIpc) is 3.48. The summed E-state index contributed by atoms with van der Waals surface area (Å²) in [4.78, 5) is 20.1. The molecule has 3 heterocycles. The van der Waals surface area contributed by atoms with Crippen LogP contribution in [0.2, 0.25) is 0 Å². The topological polar surface area (TPSA) is 71.8 Å². The van der Waals surface area contributed by atoms with Crippen LogP contribution >= 0.6 is 0 Å². The van der Waals surface area contributed by atoms with Gasteiger partial charge >= 0.3 is 6.18 Å². The van der Waals surface area contributed by atoms with Crippen molar-refractivity contribution in [1.29, 1.82) is 0 Å². The lowest BCUT2D eigenvalue weighted by molar-refractivity contribution is -0.138. The van der Waals surface area contributed by atoms with Gasteiger partial charge in [0.1, 0.15) is 11.4 Å². The van der Waals surface area contributed by atoms with Gasteiger partial charge in [0.2, 0.25) is 5.91 Å². The Morgan fingerprint density at radius 1 is 1.18 bits per heavy atom. The first-order valence-electron chi connectivity index (χ1n) is 11.9. The molecule has 198 valence electrons. The van der Waals surface area contributed by atoms with E-state index in [9.17, 15) is 22.4 Å². The maximum atomic E-state index is 14.1. The van der Waals surface area contributed by atoms with E-state index in [0.29, 0.717) is 47.7 Å². The van der Waals surface area contributed by atoms with Crippen molar-refractivity contribution in [2.45, 2.75) is 24.7 Å². The van der Waals surface area contributed by atoms with E-state index >= 15 is 0 Å². The van der Waals surface area contributed by atoms with Crippen molar-refractivity contribution in [1.82, 2.24) is 24.8 Å². The summed E-state index contributed by atoms with van der Waals surface area (Å²) in [6.45, 7) is 0.991. The molecule has 0 radical (unpaired) electrons. The molecule has 11 heteroatoms. The van der Waals surface area contributed by atoms with Gasteiger partial charge in [0.15, 0.2) is 5.65 Å². The molecule has 0 fully saturated rings. The van der Waals surface area contributed by atoms with Gasteiger partial charge in [-0.1, -0.05) is 24.3 Å². The van der Waals surface area contributed by atoms with Gasteiger partial charge in [0.05, 0.1) is 24.1 Å². The minimum atomic E-state index is -4.45. The summed E-state index contributed by atoms with van der Waals surface area (Å²) in [6.07, 6.45) is -1.14. The molecule has 7 nitrogen and oxygen atoms in total. The number of carbonyl (C=O) groups excluding carboxylic acids is 1. The van der Waals surface area contributed by atoms with Crippen molar-refractivity contribution < 1.29 is 27.1 Å². The number of alkyl halides is 3. The van der Waals surface area contributed by atoms with Crippen LogP contribution in [0.5, 0.6) is 0 Å². The molecule has 1 atom stereocenters. The number of rotatable bonds is 7. The highest BCUT2D eigenvalue weighted by Gasteiger charge is 2.49. The van der Waals surface area contributed by atoms with E-state index in [1.165, 1.54) is 30.5 Å². The number of hydrogen-bond acceptors (Lipinski definition) is 5. The quantitative estimate of drug-likeness (QED) is 0.365. The van der Waals surface area contributed by atoms with Crippen molar-refractivity contribution >= 4 is 11.6 Å². The zero-order valence-corrected chi connectivity index (χ0v) is 20.7. The standard InChI is InChI=1S/C27H25F4N5O2/c1-35(10-11-38-2)25(37)26(13-17-4-3-5-21(28)12-17)23-19(15-33-26)14-32-24-22(16-34-36(23)24)18-6-8-20(9-7-18)27(29,30)31/h3-9,12,14,16,33H,10-11,13,15H2,1-2H3/t26-/m0/s1. The average molecular weight is 528 g/mol. The molecule has 2 aromatic heterocycles. The summed E-state index contributed by atoms with van der Waals surface area (Å²) < 4.78 is 60.0. The lowest BCUT2D eigenvalue weighted by Gasteiger charge is -2.33. The van der Waals surface area contributed by atoms with E-state index in [1.54, 1.807) is 41.9 Å². The summed E-state index contributed by atoms with van der Waals surface area (Å²) in [5, 5.41) is 7.86. The molecule has 0 saturated heterocycles. The molecule has 0 bridgehead atoms. The predicted octanol–water partition coefficient (Wildman–Crippen LogP) is 4.20. The molecule has 0 saturated carbocycles. The highest BCUT2D eigenvalue weighted by atomic mass is 19.4. The summed E-state index contributed by atoms with van der Waals surface area (Å²) >= 11 is 0. The molecule has 0 unspecified atom stereocenters. The van der Waals surface area contributed by atoms with Crippen LogP contribution in [-0.4, -0.2) is 52.7 Å². The van der Waals surface area contributed by atoms with E-state index in [4.69, 9.17) is 4.74 Å². The number of aromatic nitrogens is 3. The van der Waals surface area contributed by atoms with Gasteiger partial charge < -0.3 is 9.64 Å². The van der Waals surface area contributed by atoms with Gasteiger partial charge in [-0.05, 0) is 35.4 Å². The summed E-state index contributed by atoms with van der Waals surface area (Å²) in [5.41, 5.74) is 1.27. The minimum Gasteiger partial charge on any atom is -0.383 e. The summed E-state index contributed by atoms with van der Waals surface area (Å²) in [6, 6.07) is 10.8. The highest BCUT2D eigenvalue weighted by molar-refractivity contribution is 5.89. The third-order valence-corrected chi connectivity index (χ3v) is 6.81. The molecule has 1 aliphatic heterocycles. The Labute approximate surface area is 216 Å². The monoisotopic (exact) mass is 527 g/mol. The molecule has 38 heavy (non-hydrogen) atoms. The fourth-order valence-corrected chi connectivity index (χ4v) is 4.93. The van der Waals surface area contributed by atoms with Crippen LogP contribution in [0.25, 0.3) is 16.8 Å². The maximum Gasteiger partial charge on any atom is 0.416 e. The fourth-order valence-electron chi connectivity index (χ4n) is 4.93. The molecule has 0 spiro atoms. The molecule has 1 N–H and O–H groups in total. The van der Waals surface area contributed by atoms with Crippen molar-refractivity contribution in [2.75, 3.05) is 27.3 Å². The number of nitrogens with zero attached hydrogens (tertiary/aromatic N) is 4. The van der Waals surface area contributed by atoms with E-state index in [1.807, 2.05) is 0 Å². The Hall–Kier alpha value is -3.83. The number of carbonyl (C=O) groups is 1. The minimum absolute atomic E-state index is 0.141. The second kappa shape index (κ2) is 9.80. The fraction of sp³-hybridized carbons (Fsp3) is 0.296. The van der Waals surface area contributed by atoms with Crippen molar-refractivity contribution in [2.24, 2.45) is 0 Å².